The predicted octanol–water partition coefficient (Wildman–Crippen LogP) is 3.22. The van der Waals surface area contributed by atoms with Gasteiger partial charge >= 0.3 is 0 Å². The largest absolute Gasteiger partial charge is 0.325 e. The van der Waals surface area contributed by atoms with Crippen LogP contribution in [0.5, 0.6) is 0 Å². The molecule has 0 saturated carbocycles. The molecule has 1 aromatic carbocycles. The predicted molar refractivity (Wildman–Crippen MR) is 87.8 cm³/mol. The molecule has 0 aliphatic rings. The molecule has 23 heavy (non-hydrogen) atoms. The number of nitrogens with one attached hydrogen (secondary N) is 1. The van der Waals surface area contributed by atoms with Gasteiger partial charge in [-0.15, -0.1) is 11.3 Å². The Labute approximate surface area is 136 Å². The molecule has 0 fully saturated rings. The molecule has 0 radical (unpaired) electrons. The Hall–Kier alpha value is -3.22. The van der Waals surface area contributed by atoms with Crippen molar-refractivity contribution in [1.82, 2.24) is 9.97 Å². The summed E-state index contributed by atoms with van der Waals surface area (Å²) >= 11 is 1.42. The number of thiazole rings is 1. The van der Waals surface area contributed by atoms with E-state index in [0.717, 1.165) is 10.6 Å². The molecule has 0 spiro atoms. The van der Waals surface area contributed by atoms with Gasteiger partial charge in [0.1, 0.15) is 16.6 Å². The molecule has 1 N–H and O–H groups in total. The zero-order chi connectivity index (χ0) is 16.4. The second kappa shape index (κ2) is 5.88. The molecule has 5 nitrogen and oxygen atoms in total. The van der Waals surface area contributed by atoms with E-state index in [0.29, 0.717) is 22.5 Å². The average Bonchev–Trinajstić information content (AvgIpc) is 3.04. The highest BCUT2D eigenvalue weighted by Gasteiger charge is 2.13. The van der Waals surface area contributed by atoms with E-state index < -0.39 is 5.56 Å². The first-order valence-electron chi connectivity index (χ1n) is 6.73. The fourth-order valence-electron chi connectivity index (χ4n) is 2.26. The molecule has 0 saturated heterocycles. The zero-order valence-electron chi connectivity index (χ0n) is 12.1. The van der Waals surface area contributed by atoms with Crippen LogP contribution in [0.25, 0.3) is 21.8 Å². The van der Waals surface area contributed by atoms with Gasteiger partial charge in [0.15, 0.2) is 0 Å². The lowest BCUT2D eigenvalue weighted by molar-refractivity contribution is 1.13. The standard InChI is InChI=1S/C17H10N4OS/c1-10-14(6-12(8-19)16(22)20-10)15-9-23-17(21-15)13-5-3-2-4-11(13)7-18/h2-6,9H,1H3,(H,20,22). The number of hydrogen-bond donors (Lipinski definition) is 1. The summed E-state index contributed by atoms with van der Waals surface area (Å²) in [5, 5.41) is 20.8. The van der Waals surface area contributed by atoms with Crippen molar-refractivity contribution in [3.63, 3.8) is 0 Å². The molecule has 3 aromatic rings. The van der Waals surface area contributed by atoms with Crippen LogP contribution in [0.15, 0.2) is 40.5 Å². The summed E-state index contributed by atoms with van der Waals surface area (Å²) in [5.74, 6) is 0. The Morgan fingerprint density at radius 1 is 1.13 bits per heavy atom. The summed E-state index contributed by atoms with van der Waals surface area (Å²) in [6.07, 6.45) is 0. The van der Waals surface area contributed by atoms with E-state index in [1.807, 2.05) is 29.6 Å². The van der Waals surface area contributed by atoms with Crippen LogP contribution in [0.1, 0.15) is 16.8 Å². The van der Waals surface area contributed by atoms with Crippen LogP contribution in [0, 0.1) is 29.6 Å². The fraction of sp³-hybridized carbons (Fsp3) is 0.0588. The summed E-state index contributed by atoms with van der Waals surface area (Å²) in [7, 11) is 0. The minimum absolute atomic E-state index is 0.0533. The van der Waals surface area contributed by atoms with Gasteiger partial charge in [0.05, 0.1) is 17.3 Å². The SMILES string of the molecule is Cc1[nH]c(=O)c(C#N)cc1-c1csc(-c2ccccc2C#N)n1. The van der Waals surface area contributed by atoms with Crippen molar-refractivity contribution in [2.45, 2.75) is 6.92 Å². The lowest BCUT2D eigenvalue weighted by Gasteiger charge is -2.03. The van der Waals surface area contributed by atoms with Gasteiger partial charge in [-0.3, -0.25) is 4.79 Å². The molecule has 2 heterocycles. The van der Waals surface area contributed by atoms with Crippen molar-refractivity contribution < 1.29 is 0 Å². The molecule has 0 aliphatic carbocycles. The number of benzene rings is 1. The quantitative estimate of drug-likeness (QED) is 0.785. The second-order valence-corrected chi connectivity index (χ2v) is 5.72. The van der Waals surface area contributed by atoms with E-state index in [2.05, 4.69) is 16.0 Å². The first-order valence-corrected chi connectivity index (χ1v) is 7.61. The smallest absolute Gasteiger partial charge is 0.266 e. The molecule has 6 heteroatoms. The number of aryl methyl sites for hydroxylation is 1. The minimum atomic E-state index is -0.404. The highest BCUT2D eigenvalue weighted by molar-refractivity contribution is 7.13. The van der Waals surface area contributed by atoms with Crippen LogP contribution in [0.2, 0.25) is 0 Å². The van der Waals surface area contributed by atoms with Gasteiger partial charge in [0, 0.05) is 22.2 Å². The first kappa shape index (κ1) is 14.7. The number of nitriles is 2. The first-order chi connectivity index (χ1) is 11.1. The number of hydrogen-bond acceptors (Lipinski definition) is 5. The van der Waals surface area contributed by atoms with Gasteiger partial charge in [-0.05, 0) is 19.1 Å². The molecule has 110 valence electrons. The van der Waals surface area contributed by atoms with Crippen molar-refractivity contribution in [1.29, 1.82) is 10.5 Å². The topological polar surface area (TPSA) is 93.3 Å². The van der Waals surface area contributed by atoms with E-state index >= 15 is 0 Å². The zero-order valence-corrected chi connectivity index (χ0v) is 12.9. The van der Waals surface area contributed by atoms with E-state index in [9.17, 15) is 10.1 Å². The number of rotatable bonds is 2. The Morgan fingerprint density at radius 3 is 2.61 bits per heavy atom. The molecule has 0 aliphatic heterocycles. The van der Waals surface area contributed by atoms with Gasteiger partial charge in [-0.2, -0.15) is 10.5 Å². The van der Waals surface area contributed by atoms with Gasteiger partial charge < -0.3 is 4.98 Å². The summed E-state index contributed by atoms with van der Waals surface area (Å²) < 4.78 is 0. The molecule has 0 unspecified atom stereocenters. The lowest BCUT2D eigenvalue weighted by Crippen LogP contribution is -2.11. The van der Waals surface area contributed by atoms with E-state index in [4.69, 9.17) is 5.26 Å². The Kier molecular flexibility index (Phi) is 3.76. The normalized spacial score (nSPS) is 10.0. The second-order valence-electron chi connectivity index (χ2n) is 4.86. The number of H-pyrrole nitrogens is 1. The van der Waals surface area contributed by atoms with Crippen molar-refractivity contribution in [2.75, 3.05) is 0 Å². The highest BCUT2D eigenvalue weighted by Crippen LogP contribution is 2.31. The third kappa shape index (κ3) is 2.64. The summed E-state index contributed by atoms with van der Waals surface area (Å²) in [5.41, 5.74) is 3.01. The van der Waals surface area contributed by atoms with Gasteiger partial charge in [-0.1, -0.05) is 18.2 Å². The Bertz CT molecular complexity index is 1030. The third-order valence-corrected chi connectivity index (χ3v) is 4.29. The molecule has 2 aromatic heterocycles. The minimum Gasteiger partial charge on any atom is -0.325 e. The van der Waals surface area contributed by atoms with Crippen LogP contribution in [0.4, 0.5) is 0 Å². The third-order valence-electron chi connectivity index (χ3n) is 3.42. The van der Waals surface area contributed by atoms with Gasteiger partial charge in [0.25, 0.3) is 5.56 Å². The fourth-order valence-corrected chi connectivity index (χ4v) is 3.12. The van der Waals surface area contributed by atoms with E-state index in [1.165, 1.54) is 11.3 Å². The Balaban J connectivity index is 2.12. The summed E-state index contributed by atoms with van der Waals surface area (Å²) in [6.45, 7) is 1.76. The lowest BCUT2D eigenvalue weighted by atomic mass is 10.1. The van der Waals surface area contributed by atoms with Crippen molar-refractivity contribution >= 4 is 11.3 Å². The van der Waals surface area contributed by atoms with Crippen LogP contribution >= 0.6 is 11.3 Å². The molecule has 0 atom stereocenters. The van der Waals surface area contributed by atoms with Crippen LogP contribution < -0.4 is 5.56 Å². The molecule has 3 rings (SSSR count). The van der Waals surface area contributed by atoms with Gasteiger partial charge in [-0.25, -0.2) is 4.98 Å². The van der Waals surface area contributed by atoms with E-state index in [1.54, 1.807) is 19.1 Å². The number of aromatic nitrogens is 2. The Morgan fingerprint density at radius 2 is 1.87 bits per heavy atom. The molecule has 0 amide bonds. The summed E-state index contributed by atoms with van der Waals surface area (Å²) in [6, 6.07) is 12.8. The van der Waals surface area contributed by atoms with Gasteiger partial charge in [0.2, 0.25) is 0 Å². The van der Waals surface area contributed by atoms with Crippen molar-refractivity contribution in [2.24, 2.45) is 0 Å². The monoisotopic (exact) mass is 318 g/mol. The number of aromatic amines is 1. The molecule has 0 bridgehead atoms. The van der Waals surface area contributed by atoms with Crippen LogP contribution in [0.3, 0.4) is 0 Å². The highest BCUT2D eigenvalue weighted by atomic mass is 32.1. The van der Waals surface area contributed by atoms with Crippen molar-refractivity contribution in [3.05, 3.63) is 62.9 Å². The number of nitrogens with zero attached hydrogens (tertiary/aromatic N) is 3. The maximum absolute atomic E-state index is 11.6. The molecular formula is C17H10N4OS. The molecular weight excluding hydrogens is 308 g/mol. The van der Waals surface area contributed by atoms with E-state index in [-0.39, 0.29) is 5.56 Å². The van der Waals surface area contributed by atoms with Crippen LogP contribution in [-0.2, 0) is 0 Å². The average molecular weight is 318 g/mol. The maximum atomic E-state index is 11.6. The number of pyridine rings is 1. The van der Waals surface area contributed by atoms with Crippen molar-refractivity contribution in [3.8, 4) is 34.0 Å². The summed E-state index contributed by atoms with van der Waals surface area (Å²) in [4.78, 5) is 18.9. The maximum Gasteiger partial charge on any atom is 0.266 e. The van der Waals surface area contributed by atoms with Crippen LogP contribution in [-0.4, -0.2) is 9.97 Å².